The van der Waals surface area contributed by atoms with E-state index >= 15 is 0 Å². The minimum absolute atomic E-state index is 0.113. The van der Waals surface area contributed by atoms with E-state index in [4.69, 9.17) is 0 Å². The number of aromatic nitrogens is 1. The molecule has 120 valence electrons. The molecule has 3 rings (SSSR count). The third-order valence-corrected chi connectivity index (χ3v) is 4.37. The zero-order valence-electron chi connectivity index (χ0n) is 13.8. The lowest BCUT2D eigenvalue weighted by Crippen LogP contribution is -2.17. The van der Waals surface area contributed by atoms with Crippen molar-refractivity contribution in [3.63, 3.8) is 0 Å². The summed E-state index contributed by atoms with van der Waals surface area (Å²) in [5, 5.41) is 0. The lowest BCUT2D eigenvalue weighted by atomic mass is 9.83. The van der Waals surface area contributed by atoms with E-state index in [9.17, 15) is 4.79 Å². The van der Waals surface area contributed by atoms with E-state index in [1.807, 2.05) is 25.3 Å². The molecule has 1 aliphatic heterocycles. The van der Waals surface area contributed by atoms with Gasteiger partial charge in [-0.25, -0.2) is 0 Å². The highest BCUT2D eigenvalue weighted by Crippen LogP contribution is 2.34. The number of ketones is 1. The normalized spacial score (nSPS) is 19.3. The quantitative estimate of drug-likeness (QED) is 0.567. The summed E-state index contributed by atoms with van der Waals surface area (Å²) in [6, 6.07) is 3.60. The molecule has 3 nitrogen and oxygen atoms in total. The summed E-state index contributed by atoms with van der Waals surface area (Å²) < 4.78 is 0. The van der Waals surface area contributed by atoms with Crippen molar-refractivity contribution < 1.29 is 4.79 Å². The Balaban J connectivity index is 1.69. The molecule has 0 saturated carbocycles. The van der Waals surface area contributed by atoms with Crippen LogP contribution in [0.1, 0.15) is 30.1 Å². The molecule has 0 bridgehead atoms. The van der Waals surface area contributed by atoms with Gasteiger partial charge in [0.15, 0.2) is 5.78 Å². The highest BCUT2D eigenvalue weighted by Gasteiger charge is 2.28. The molecule has 0 saturated heterocycles. The Labute approximate surface area is 142 Å². The Morgan fingerprint density at radius 1 is 1.42 bits per heavy atom. The zero-order chi connectivity index (χ0) is 16.9. The maximum atomic E-state index is 12.3. The average Bonchev–Trinajstić information content (AvgIpc) is 3.06. The van der Waals surface area contributed by atoms with Crippen molar-refractivity contribution in [2.45, 2.75) is 19.8 Å². The number of rotatable bonds is 6. The first-order valence-corrected chi connectivity index (χ1v) is 8.12. The van der Waals surface area contributed by atoms with Crippen molar-refractivity contribution in [2.75, 3.05) is 0 Å². The standard InChI is InChI=1S/C21H20N2O/c1-3-15(4-2)19-14-23-21-16(7-5-9-18(19)21)10-11-20(24)17-8-6-12-22-13-17/h3-9,12-14,18H,1,10-11H2,2H3/b15-4+/t18-/m0/s1. The smallest absolute Gasteiger partial charge is 0.164 e. The van der Waals surface area contributed by atoms with Crippen LogP contribution in [0.4, 0.5) is 0 Å². The van der Waals surface area contributed by atoms with Crippen molar-refractivity contribution >= 4 is 11.5 Å². The van der Waals surface area contributed by atoms with Crippen LogP contribution in [0.5, 0.6) is 0 Å². The van der Waals surface area contributed by atoms with Gasteiger partial charge in [0.2, 0.25) is 0 Å². The topological polar surface area (TPSA) is 42.3 Å². The summed E-state index contributed by atoms with van der Waals surface area (Å²) >= 11 is 0. The van der Waals surface area contributed by atoms with Crippen LogP contribution < -0.4 is 0 Å². The second-order valence-electron chi connectivity index (χ2n) is 5.77. The molecular formula is C21H20N2O. The van der Waals surface area contributed by atoms with E-state index in [2.05, 4.69) is 40.9 Å². The molecule has 0 aromatic carbocycles. The van der Waals surface area contributed by atoms with E-state index in [1.165, 1.54) is 5.57 Å². The van der Waals surface area contributed by atoms with Crippen LogP contribution >= 0.6 is 0 Å². The van der Waals surface area contributed by atoms with Crippen molar-refractivity contribution in [3.8, 4) is 0 Å². The summed E-state index contributed by atoms with van der Waals surface area (Å²) in [5.41, 5.74) is 5.12. The fourth-order valence-electron chi connectivity index (χ4n) is 3.08. The van der Waals surface area contributed by atoms with Gasteiger partial charge in [0.05, 0.1) is 5.71 Å². The van der Waals surface area contributed by atoms with E-state index in [1.54, 1.807) is 18.5 Å². The molecule has 1 atom stereocenters. The monoisotopic (exact) mass is 316 g/mol. The summed E-state index contributed by atoms with van der Waals surface area (Å²) in [6.45, 7) is 5.88. The number of hydrogen-bond donors (Lipinski definition) is 0. The molecule has 3 heteroatoms. The van der Waals surface area contributed by atoms with E-state index in [-0.39, 0.29) is 11.7 Å². The predicted octanol–water partition coefficient (Wildman–Crippen LogP) is 4.63. The van der Waals surface area contributed by atoms with E-state index in [0.29, 0.717) is 18.4 Å². The fourth-order valence-corrected chi connectivity index (χ4v) is 3.08. The second-order valence-corrected chi connectivity index (χ2v) is 5.77. The minimum atomic E-state index is 0.113. The molecule has 0 amide bonds. The number of Topliss-reactive ketones (excluding diaryl/α,β-unsaturated/α-hetero) is 1. The number of aliphatic imine (C=N–C) groups is 1. The number of allylic oxidation sites excluding steroid dienone is 8. The third-order valence-electron chi connectivity index (χ3n) is 4.37. The van der Waals surface area contributed by atoms with Gasteiger partial charge >= 0.3 is 0 Å². The molecule has 1 aromatic rings. The Hall–Kier alpha value is -2.81. The summed E-state index contributed by atoms with van der Waals surface area (Å²) in [6.07, 6.45) is 16.6. The second kappa shape index (κ2) is 7.18. The van der Waals surface area contributed by atoms with Gasteiger partial charge in [-0.1, -0.05) is 37.0 Å². The van der Waals surface area contributed by atoms with Crippen molar-refractivity contribution in [3.05, 3.63) is 90.0 Å². The molecule has 0 fully saturated rings. The summed E-state index contributed by atoms with van der Waals surface area (Å²) in [4.78, 5) is 20.9. The van der Waals surface area contributed by atoms with Crippen LogP contribution in [0.15, 0.2) is 89.4 Å². The highest BCUT2D eigenvalue weighted by atomic mass is 16.1. The van der Waals surface area contributed by atoms with Crippen LogP contribution in [-0.2, 0) is 0 Å². The van der Waals surface area contributed by atoms with Crippen LogP contribution in [-0.4, -0.2) is 16.5 Å². The molecular weight excluding hydrogens is 296 g/mol. The van der Waals surface area contributed by atoms with E-state index < -0.39 is 0 Å². The van der Waals surface area contributed by atoms with Crippen LogP contribution in [0.25, 0.3) is 0 Å². The van der Waals surface area contributed by atoms with E-state index in [0.717, 1.165) is 16.9 Å². The van der Waals surface area contributed by atoms with Gasteiger partial charge in [-0.3, -0.25) is 14.8 Å². The maximum absolute atomic E-state index is 12.3. The Morgan fingerprint density at radius 3 is 3.00 bits per heavy atom. The first-order chi connectivity index (χ1) is 11.7. The Bertz CT molecular complexity index is 808. The van der Waals surface area contributed by atoms with Gasteiger partial charge in [-0.05, 0) is 42.2 Å². The van der Waals surface area contributed by atoms with Crippen molar-refractivity contribution in [1.82, 2.24) is 4.98 Å². The number of nitrogens with zero attached hydrogens (tertiary/aromatic N) is 2. The van der Waals surface area contributed by atoms with Crippen LogP contribution in [0.3, 0.4) is 0 Å². The maximum Gasteiger partial charge on any atom is 0.164 e. The first-order valence-electron chi connectivity index (χ1n) is 8.12. The van der Waals surface area contributed by atoms with Gasteiger partial charge in [0, 0.05) is 36.5 Å². The van der Waals surface area contributed by atoms with Crippen LogP contribution in [0, 0.1) is 5.92 Å². The molecule has 0 spiro atoms. The van der Waals surface area contributed by atoms with Crippen LogP contribution in [0.2, 0.25) is 0 Å². The van der Waals surface area contributed by atoms with Crippen molar-refractivity contribution in [1.29, 1.82) is 0 Å². The molecule has 1 aromatic heterocycles. The molecule has 1 aliphatic carbocycles. The number of hydrogen-bond acceptors (Lipinski definition) is 3. The van der Waals surface area contributed by atoms with Gasteiger partial charge in [0.25, 0.3) is 0 Å². The number of carbonyl (C=O) groups excluding carboxylic acids is 1. The van der Waals surface area contributed by atoms with Gasteiger partial charge in [-0.2, -0.15) is 0 Å². The number of fused-ring (bicyclic) bond motifs is 1. The molecule has 0 radical (unpaired) electrons. The predicted molar refractivity (Wildman–Crippen MR) is 98.0 cm³/mol. The minimum Gasteiger partial charge on any atom is -0.294 e. The highest BCUT2D eigenvalue weighted by molar-refractivity contribution is 6.09. The van der Waals surface area contributed by atoms with Crippen molar-refractivity contribution in [2.24, 2.45) is 10.9 Å². The molecule has 0 N–H and O–H groups in total. The first kappa shape index (κ1) is 16.1. The molecule has 0 unspecified atom stereocenters. The average molecular weight is 316 g/mol. The lowest BCUT2D eigenvalue weighted by molar-refractivity contribution is 0.0983. The van der Waals surface area contributed by atoms with Gasteiger partial charge in [-0.15, -0.1) is 0 Å². The SMILES string of the molecule is C=C/C(=C\C)C1=CN=C2C(CCC(=O)c3cccnc3)=CC=C[C@@H]12. The Kier molecular flexibility index (Phi) is 4.80. The zero-order valence-corrected chi connectivity index (χ0v) is 13.8. The number of carbonyl (C=O) groups is 1. The number of pyridine rings is 1. The summed E-state index contributed by atoms with van der Waals surface area (Å²) in [7, 11) is 0. The lowest BCUT2D eigenvalue weighted by Gasteiger charge is -2.19. The molecule has 24 heavy (non-hydrogen) atoms. The molecule has 2 aliphatic rings. The van der Waals surface area contributed by atoms with Gasteiger partial charge < -0.3 is 0 Å². The van der Waals surface area contributed by atoms with Gasteiger partial charge in [0.1, 0.15) is 0 Å². The fraction of sp³-hybridized carbons (Fsp3) is 0.190. The Morgan fingerprint density at radius 2 is 2.29 bits per heavy atom. The summed E-state index contributed by atoms with van der Waals surface area (Å²) in [5.74, 6) is 0.282. The largest absolute Gasteiger partial charge is 0.294 e. The molecule has 2 heterocycles. The third kappa shape index (κ3) is 3.11.